The van der Waals surface area contributed by atoms with Gasteiger partial charge in [-0.15, -0.1) is 0 Å². The van der Waals surface area contributed by atoms with Crippen LogP contribution in [0, 0.1) is 0 Å². The molecule has 0 unspecified atom stereocenters. The van der Waals surface area contributed by atoms with Crippen molar-refractivity contribution in [3.05, 3.63) is 96.1 Å². The molecule has 0 spiro atoms. The van der Waals surface area contributed by atoms with Crippen molar-refractivity contribution < 1.29 is 18.9 Å². The molecule has 2 atom stereocenters. The molecule has 0 saturated carbocycles. The van der Waals surface area contributed by atoms with E-state index >= 15 is 0 Å². The monoisotopic (exact) mass is 433 g/mol. The van der Waals surface area contributed by atoms with Gasteiger partial charge in [0.1, 0.15) is 6.61 Å². The van der Waals surface area contributed by atoms with Crippen LogP contribution >= 0.6 is 0 Å². The van der Waals surface area contributed by atoms with E-state index in [-0.39, 0.29) is 18.3 Å². The van der Waals surface area contributed by atoms with Crippen molar-refractivity contribution in [1.29, 1.82) is 0 Å². The predicted molar refractivity (Wildman–Crippen MR) is 125 cm³/mol. The maximum Gasteiger partial charge on any atom is 0.169 e. The first-order valence-corrected chi connectivity index (χ1v) is 11.2. The third-order valence-electron chi connectivity index (χ3n) is 5.61. The lowest BCUT2D eigenvalue weighted by Gasteiger charge is -2.24. The standard InChI is InChI=1S/C27H31NO4/c1-29-24-14-8-9-15-25(24)30-19-18-28-17-16-23-20-31-27(32-23)26(21-10-4-2-5-11-21)22-12-6-3-7-13-22/h2-15,23,26-28H,16-20H2,1H3/t23-,27-/m0/s1. The molecule has 0 bridgehead atoms. The maximum atomic E-state index is 6.33. The number of methoxy groups -OCH3 is 1. The second kappa shape index (κ2) is 11.7. The van der Waals surface area contributed by atoms with Gasteiger partial charge in [0.2, 0.25) is 0 Å². The van der Waals surface area contributed by atoms with E-state index in [1.165, 1.54) is 11.1 Å². The molecule has 168 valence electrons. The van der Waals surface area contributed by atoms with Gasteiger partial charge in [-0.1, -0.05) is 72.8 Å². The molecule has 5 nitrogen and oxygen atoms in total. The molecular weight excluding hydrogens is 402 g/mol. The molecule has 3 aromatic rings. The summed E-state index contributed by atoms with van der Waals surface area (Å²) in [6.07, 6.45) is 0.692. The SMILES string of the molecule is COc1ccccc1OCCNCC[C@H]1CO[C@H](C(c2ccccc2)c2ccccc2)O1. The molecule has 1 fully saturated rings. The molecule has 1 aliphatic rings. The van der Waals surface area contributed by atoms with Crippen LogP contribution in [0.1, 0.15) is 23.5 Å². The summed E-state index contributed by atoms with van der Waals surface area (Å²) in [5.74, 6) is 1.58. The number of para-hydroxylation sites is 2. The van der Waals surface area contributed by atoms with E-state index in [0.29, 0.717) is 13.2 Å². The summed E-state index contributed by atoms with van der Waals surface area (Å²) in [6, 6.07) is 28.6. The van der Waals surface area contributed by atoms with Gasteiger partial charge >= 0.3 is 0 Å². The van der Waals surface area contributed by atoms with Crippen LogP contribution in [0.5, 0.6) is 11.5 Å². The second-order valence-electron chi connectivity index (χ2n) is 7.80. The molecule has 0 amide bonds. The number of nitrogens with one attached hydrogen (secondary N) is 1. The van der Waals surface area contributed by atoms with Crippen molar-refractivity contribution in [1.82, 2.24) is 5.32 Å². The maximum absolute atomic E-state index is 6.33. The normalized spacial score (nSPS) is 18.1. The number of ether oxygens (including phenoxy) is 4. The minimum Gasteiger partial charge on any atom is -0.493 e. The van der Waals surface area contributed by atoms with E-state index in [0.717, 1.165) is 31.0 Å². The number of benzene rings is 3. The van der Waals surface area contributed by atoms with E-state index in [2.05, 4.69) is 53.8 Å². The molecule has 5 heteroatoms. The topological polar surface area (TPSA) is 49.0 Å². The fraction of sp³-hybridized carbons (Fsp3) is 0.333. The Labute approximate surface area is 190 Å². The summed E-state index contributed by atoms with van der Waals surface area (Å²) in [6.45, 7) is 2.79. The summed E-state index contributed by atoms with van der Waals surface area (Å²) < 4.78 is 23.5. The van der Waals surface area contributed by atoms with Gasteiger partial charge in [0.05, 0.1) is 25.7 Å². The number of hydrogen-bond acceptors (Lipinski definition) is 5. The molecule has 32 heavy (non-hydrogen) atoms. The van der Waals surface area contributed by atoms with Crippen molar-refractivity contribution in [2.75, 3.05) is 33.4 Å². The summed E-state index contributed by atoms with van der Waals surface area (Å²) in [5.41, 5.74) is 2.41. The molecule has 0 aromatic heterocycles. The van der Waals surface area contributed by atoms with Gasteiger partial charge in [0.25, 0.3) is 0 Å². The summed E-state index contributed by atoms with van der Waals surface area (Å²) >= 11 is 0. The van der Waals surface area contributed by atoms with Crippen molar-refractivity contribution in [2.24, 2.45) is 0 Å². The van der Waals surface area contributed by atoms with Gasteiger partial charge in [-0.3, -0.25) is 0 Å². The Morgan fingerprint density at radius 1 is 0.844 bits per heavy atom. The van der Waals surface area contributed by atoms with Crippen molar-refractivity contribution in [3.8, 4) is 11.5 Å². The highest BCUT2D eigenvalue weighted by Gasteiger charge is 2.34. The van der Waals surface area contributed by atoms with Gasteiger partial charge in [0.15, 0.2) is 17.8 Å². The van der Waals surface area contributed by atoms with E-state index in [4.69, 9.17) is 18.9 Å². The van der Waals surface area contributed by atoms with Crippen LogP contribution in [-0.2, 0) is 9.47 Å². The highest BCUT2D eigenvalue weighted by molar-refractivity contribution is 5.39. The largest absolute Gasteiger partial charge is 0.493 e. The van der Waals surface area contributed by atoms with Crippen LogP contribution in [0.25, 0.3) is 0 Å². The average Bonchev–Trinajstić information content (AvgIpc) is 3.31. The third-order valence-corrected chi connectivity index (χ3v) is 5.61. The van der Waals surface area contributed by atoms with Gasteiger partial charge in [-0.05, 0) is 36.2 Å². The fourth-order valence-electron chi connectivity index (χ4n) is 3.98. The molecule has 4 rings (SSSR count). The zero-order valence-corrected chi connectivity index (χ0v) is 18.5. The van der Waals surface area contributed by atoms with Crippen molar-refractivity contribution in [2.45, 2.75) is 24.7 Å². The smallest absolute Gasteiger partial charge is 0.169 e. The highest BCUT2D eigenvalue weighted by Crippen LogP contribution is 2.34. The fourth-order valence-corrected chi connectivity index (χ4v) is 3.98. The Morgan fingerprint density at radius 2 is 1.47 bits per heavy atom. The Hall–Kier alpha value is -2.86. The predicted octanol–water partition coefficient (Wildman–Crippen LogP) is 4.63. The van der Waals surface area contributed by atoms with Crippen molar-refractivity contribution in [3.63, 3.8) is 0 Å². The van der Waals surface area contributed by atoms with Gasteiger partial charge < -0.3 is 24.3 Å². The van der Waals surface area contributed by atoms with Crippen LogP contribution in [0.4, 0.5) is 0 Å². The first kappa shape index (κ1) is 22.3. The minimum absolute atomic E-state index is 0.0598. The molecule has 3 aromatic carbocycles. The zero-order valence-electron chi connectivity index (χ0n) is 18.5. The van der Waals surface area contributed by atoms with Crippen molar-refractivity contribution >= 4 is 0 Å². The van der Waals surface area contributed by atoms with Gasteiger partial charge in [-0.25, -0.2) is 0 Å². The van der Waals surface area contributed by atoms with Crippen LogP contribution in [0.15, 0.2) is 84.9 Å². The highest BCUT2D eigenvalue weighted by atomic mass is 16.7. The zero-order chi connectivity index (χ0) is 22.0. The molecule has 1 heterocycles. The van der Waals surface area contributed by atoms with Crippen LogP contribution in [0.2, 0.25) is 0 Å². The lowest BCUT2D eigenvalue weighted by Crippen LogP contribution is -2.27. The first-order chi connectivity index (χ1) is 15.8. The molecule has 1 saturated heterocycles. The molecular formula is C27H31NO4. The van der Waals surface area contributed by atoms with E-state index in [9.17, 15) is 0 Å². The minimum atomic E-state index is -0.279. The first-order valence-electron chi connectivity index (χ1n) is 11.2. The Balaban J connectivity index is 1.23. The van der Waals surface area contributed by atoms with E-state index in [1.807, 2.05) is 36.4 Å². The summed E-state index contributed by atoms with van der Waals surface area (Å²) in [7, 11) is 1.65. The average molecular weight is 434 g/mol. The molecule has 1 N–H and O–H groups in total. The Bertz CT molecular complexity index is 895. The number of rotatable bonds is 11. The summed E-state index contributed by atoms with van der Waals surface area (Å²) in [5, 5.41) is 3.43. The number of hydrogen-bond donors (Lipinski definition) is 1. The second-order valence-corrected chi connectivity index (χ2v) is 7.80. The van der Waals surface area contributed by atoms with E-state index in [1.54, 1.807) is 7.11 Å². The lowest BCUT2D eigenvalue weighted by molar-refractivity contribution is -0.0681. The molecule has 0 radical (unpaired) electrons. The quantitative estimate of drug-likeness (QED) is 0.447. The Morgan fingerprint density at radius 3 is 2.12 bits per heavy atom. The van der Waals surface area contributed by atoms with E-state index < -0.39 is 0 Å². The van der Waals surface area contributed by atoms with Crippen LogP contribution < -0.4 is 14.8 Å². The van der Waals surface area contributed by atoms with Crippen LogP contribution in [0.3, 0.4) is 0 Å². The molecule has 1 aliphatic heterocycles. The van der Waals surface area contributed by atoms with Gasteiger partial charge in [0, 0.05) is 6.54 Å². The summed E-state index contributed by atoms with van der Waals surface area (Å²) in [4.78, 5) is 0. The van der Waals surface area contributed by atoms with Crippen LogP contribution in [-0.4, -0.2) is 45.8 Å². The Kier molecular flexibility index (Phi) is 8.15. The lowest BCUT2D eigenvalue weighted by atomic mass is 9.91. The third kappa shape index (κ3) is 5.88. The molecule has 0 aliphatic carbocycles. The van der Waals surface area contributed by atoms with Gasteiger partial charge in [-0.2, -0.15) is 0 Å².